The summed E-state index contributed by atoms with van der Waals surface area (Å²) in [5.74, 6) is 0.560. The number of benzene rings is 1. The molecule has 0 radical (unpaired) electrons. The van der Waals surface area contributed by atoms with E-state index in [-0.39, 0.29) is 18.6 Å². The van der Waals surface area contributed by atoms with Gasteiger partial charge in [-0.15, -0.1) is 0 Å². The number of carbonyl (C=O) groups excluding carboxylic acids is 2. The third kappa shape index (κ3) is 8.86. The number of hydrogen-bond acceptors (Lipinski definition) is 4. The summed E-state index contributed by atoms with van der Waals surface area (Å²) < 4.78 is 10.3. The fraction of sp³-hybridized carbons (Fsp3) is 0.652. The van der Waals surface area contributed by atoms with Gasteiger partial charge in [0.2, 0.25) is 5.91 Å². The zero-order valence-corrected chi connectivity index (χ0v) is 18.3. The molecule has 0 unspecified atom stereocenters. The van der Waals surface area contributed by atoms with Crippen LogP contribution in [0.1, 0.15) is 58.4 Å². The van der Waals surface area contributed by atoms with Gasteiger partial charge in [-0.25, -0.2) is 4.79 Å². The van der Waals surface area contributed by atoms with Crippen molar-refractivity contribution in [1.29, 1.82) is 0 Å². The lowest BCUT2D eigenvalue weighted by atomic mass is 9.91. The number of methoxy groups -OCH3 is 1. The number of aryl methyl sites for hydroxylation is 1. The smallest absolute Gasteiger partial charge is 0.410 e. The van der Waals surface area contributed by atoms with Crippen LogP contribution in [0, 0.1) is 5.92 Å². The molecule has 0 atom stereocenters. The van der Waals surface area contributed by atoms with Crippen LogP contribution in [0.5, 0.6) is 0 Å². The molecule has 6 nitrogen and oxygen atoms in total. The highest BCUT2D eigenvalue weighted by molar-refractivity contribution is 5.91. The van der Waals surface area contributed by atoms with Crippen molar-refractivity contribution in [3.05, 3.63) is 29.8 Å². The fourth-order valence-corrected chi connectivity index (χ4v) is 3.58. The van der Waals surface area contributed by atoms with Gasteiger partial charge in [-0.3, -0.25) is 4.79 Å². The summed E-state index contributed by atoms with van der Waals surface area (Å²) in [6.07, 6.45) is 6.56. The Kier molecular flexibility index (Phi) is 8.96. The molecule has 0 bridgehead atoms. The summed E-state index contributed by atoms with van der Waals surface area (Å²) in [6.45, 7) is 7.39. The van der Waals surface area contributed by atoms with Gasteiger partial charge in [0, 0.05) is 25.9 Å². The quantitative estimate of drug-likeness (QED) is 0.642. The minimum Gasteiger partial charge on any atom is -0.444 e. The molecule has 0 saturated carbocycles. The monoisotopic (exact) mass is 404 g/mol. The number of nitrogens with zero attached hydrogens (tertiary/aromatic N) is 1. The zero-order valence-electron chi connectivity index (χ0n) is 18.3. The highest BCUT2D eigenvalue weighted by Crippen LogP contribution is 2.24. The minimum absolute atomic E-state index is 0.0679. The first-order valence-corrected chi connectivity index (χ1v) is 10.6. The van der Waals surface area contributed by atoms with E-state index in [2.05, 4.69) is 17.4 Å². The van der Waals surface area contributed by atoms with Crippen LogP contribution in [0.25, 0.3) is 0 Å². The largest absolute Gasteiger partial charge is 0.444 e. The van der Waals surface area contributed by atoms with E-state index in [1.807, 2.05) is 37.8 Å². The van der Waals surface area contributed by atoms with Crippen LogP contribution in [-0.2, 0) is 20.7 Å². The number of likely N-dealkylation sites (tertiary alicyclic amines) is 1. The van der Waals surface area contributed by atoms with Crippen LogP contribution in [0.4, 0.5) is 10.5 Å². The van der Waals surface area contributed by atoms with Crippen LogP contribution in [-0.4, -0.2) is 49.3 Å². The van der Waals surface area contributed by atoms with Crippen LogP contribution < -0.4 is 5.32 Å². The molecular formula is C23H36N2O4. The fourth-order valence-electron chi connectivity index (χ4n) is 3.58. The molecule has 1 N–H and O–H groups in total. The SMILES string of the molecule is COCC(=O)Nc1ccc(CCCCC2CCN(C(=O)OC(C)(C)C)CC2)cc1. The number of ether oxygens (including phenoxy) is 2. The molecule has 0 spiro atoms. The van der Waals surface area contributed by atoms with Crippen molar-refractivity contribution in [3.63, 3.8) is 0 Å². The standard InChI is InChI=1S/C23H36N2O4/c1-23(2,3)29-22(27)25-15-13-19(14-16-25)8-6-5-7-18-9-11-20(12-10-18)24-21(26)17-28-4/h9-12,19H,5-8,13-17H2,1-4H3,(H,24,26). The average molecular weight is 405 g/mol. The van der Waals surface area contributed by atoms with E-state index in [1.165, 1.54) is 25.5 Å². The molecule has 0 aromatic heterocycles. The van der Waals surface area contributed by atoms with E-state index in [0.717, 1.165) is 44.5 Å². The first-order chi connectivity index (χ1) is 13.8. The Morgan fingerprint density at radius 1 is 1.10 bits per heavy atom. The molecule has 0 aliphatic carbocycles. The number of nitrogens with one attached hydrogen (secondary N) is 1. The maximum Gasteiger partial charge on any atom is 0.410 e. The summed E-state index contributed by atoms with van der Waals surface area (Å²) >= 11 is 0. The van der Waals surface area contributed by atoms with Crippen molar-refractivity contribution < 1.29 is 19.1 Å². The van der Waals surface area contributed by atoms with E-state index in [0.29, 0.717) is 5.92 Å². The van der Waals surface area contributed by atoms with E-state index < -0.39 is 5.60 Å². The molecule has 1 aliphatic heterocycles. The predicted octanol–water partition coefficient (Wildman–Crippen LogP) is 4.63. The number of amides is 2. The summed E-state index contributed by atoms with van der Waals surface area (Å²) in [4.78, 5) is 25.5. The maximum absolute atomic E-state index is 12.1. The first-order valence-electron chi connectivity index (χ1n) is 10.6. The Morgan fingerprint density at radius 2 is 1.76 bits per heavy atom. The lowest BCUT2D eigenvalue weighted by molar-refractivity contribution is -0.119. The van der Waals surface area contributed by atoms with Gasteiger partial charge in [0.25, 0.3) is 0 Å². The van der Waals surface area contributed by atoms with E-state index in [1.54, 1.807) is 0 Å². The zero-order chi connectivity index (χ0) is 21.3. The Balaban J connectivity index is 1.61. The van der Waals surface area contributed by atoms with Gasteiger partial charge in [0.15, 0.2) is 0 Å². The van der Waals surface area contributed by atoms with Crippen LogP contribution in [0.3, 0.4) is 0 Å². The molecule has 1 fully saturated rings. The highest BCUT2D eigenvalue weighted by Gasteiger charge is 2.26. The molecule has 2 amide bonds. The van der Waals surface area contributed by atoms with Crippen molar-refractivity contribution in [2.75, 3.05) is 32.1 Å². The molecule has 1 heterocycles. The van der Waals surface area contributed by atoms with Crippen LogP contribution >= 0.6 is 0 Å². The summed E-state index contributed by atoms with van der Waals surface area (Å²) in [7, 11) is 1.51. The van der Waals surface area contributed by atoms with Crippen molar-refractivity contribution in [1.82, 2.24) is 4.90 Å². The molecule has 1 saturated heterocycles. The van der Waals surface area contributed by atoms with E-state index in [9.17, 15) is 9.59 Å². The van der Waals surface area contributed by atoms with Gasteiger partial charge in [0.05, 0.1) is 0 Å². The second-order valence-corrected chi connectivity index (χ2v) is 8.83. The van der Waals surface area contributed by atoms with Gasteiger partial charge in [-0.2, -0.15) is 0 Å². The summed E-state index contributed by atoms with van der Waals surface area (Å²) in [6, 6.07) is 8.02. The Hall–Kier alpha value is -2.08. The highest BCUT2D eigenvalue weighted by atomic mass is 16.6. The number of carbonyl (C=O) groups is 2. The minimum atomic E-state index is -0.429. The second kappa shape index (κ2) is 11.2. The van der Waals surface area contributed by atoms with Crippen molar-refractivity contribution in [2.45, 2.75) is 64.9 Å². The Labute approximate surface area is 174 Å². The average Bonchev–Trinajstić information content (AvgIpc) is 2.66. The third-order valence-corrected chi connectivity index (χ3v) is 5.11. The van der Waals surface area contributed by atoms with Crippen LogP contribution in [0.15, 0.2) is 24.3 Å². The molecule has 1 aromatic rings. The van der Waals surface area contributed by atoms with Gasteiger partial charge in [-0.05, 0) is 70.1 Å². The van der Waals surface area contributed by atoms with E-state index >= 15 is 0 Å². The summed E-state index contributed by atoms with van der Waals surface area (Å²) in [5, 5.41) is 2.80. The van der Waals surface area contributed by atoms with Crippen LogP contribution in [0.2, 0.25) is 0 Å². The summed E-state index contributed by atoms with van der Waals surface area (Å²) in [5.41, 5.74) is 1.66. The molecule has 1 aliphatic rings. The Bertz CT molecular complexity index is 644. The van der Waals surface area contributed by atoms with Crippen molar-refractivity contribution in [2.24, 2.45) is 5.92 Å². The topological polar surface area (TPSA) is 67.9 Å². The predicted molar refractivity (Wildman–Crippen MR) is 115 cm³/mol. The van der Waals surface area contributed by atoms with Gasteiger partial charge in [-0.1, -0.05) is 25.0 Å². The Morgan fingerprint density at radius 3 is 2.34 bits per heavy atom. The molecule has 6 heteroatoms. The molecule has 29 heavy (non-hydrogen) atoms. The molecule has 162 valence electrons. The number of piperidine rings is 1. The first kappa shape index (κ1) is 23.2. The normalized spacial score (nSPS) is 15.2. The number of hydrogen-bond donors (Lipinski definition) is 1. The molecule has 2 rings (SSSR count). The lowest BCUT2D eigenvalue weighted by Gasteiger charge is -2.33. The van der Waals surface area contributed by atoms with Crippen molar-refractivity contribution in [3.8, 4) is 0 Å². The second-order valence-electron chi connectivity index (χ2n) is 8.83. The van der Waals surface area contributed by atoms with Gasteiger partial charge in [0.1, 0.15) is 12.2 Å². The van der Waals surface area contributed by atoms with E-state index in [4.69, 9.17) is 9.47 Å². The molecule has 1 aromatic carbocycles. The number of anilines is 1. The lowest BCUT2D eigenvalue weighted by Crippen LogP contribution is -2.41. The van der Waals surface area contributed by atoms with Gasteiger partial charge >= 0.3 is 6.09 Å². The maximum atomic E-state index is 12.1. The van der Waals surface area contributed by atoms with Gasteiger partial charge < -0.3 is 19.7 Å². The third-order valence-electron chi connectivity index (χ3n) is 5.11. The number of unbranched alkanes of at least 4 members (excludes halogenated alkanes) is 1. The number of rotatable bonds is 8. The molecular weight excluding hydrogens is 368 g/mol. The van der Waals surface area contributed by atoms with Crippen molar-refractivity contribution >= 4 is 17.7 Å².